The van der Waals surface area contributed by atoms with Crippen LogP contribution in [0, 0.1) is 0 Å². The molecule has 0 radical (unpaired) electrons. The normalized spacial score (nSPS) is 27.1. The number of aliphatic hydroxyl groups excluding tert-OH is 1. The number of hydrogen-bond acceptors (Lipinski definition) is 12. The molecule has 0 aliphatic carbocycles. The Kier molecular flexibility index (Phi) is 8.38. The van der Waals surface area contributed by atoms with E-state index < -0.39 is 73.5 Å². The maximum atomic E-state index is 12.6. The molecule has 0 spiro atoms. The van der Waals surface area contributed by atoms with E-state index in [2.05, 4.69) is 9.50 Å². The first-order chi connectivity index (χ1) is 14.6. The Balaban J connectivity index is 2.44. The van der Waals surface area contributed by atoms with Crippen LogP contribution in [-0.2, 0) is 47.6 Å². The number of aliphatic hydroxyl groups is 1. The molecule has 13 nitrogen and oxygen atoms in total. The van der Waals surface area contributed by atoms with Crippen molar-refractivity contribution < 1.29 is 52.4 Å². The molecule has 0 saturated carbocycles. The summed E-state index contributed by atoms with van der Waals surface area (Å²) in [5.41, 5.74) is 0.140. The Morgan fingerprint density at radius 2 is 1.47 bits per heavy atom. The SMILES string of the molecule is CS(=O)(=O)OC[C@@H]1O[C@@H](O)[C@@H](NC(=O)c2ccccc2)[C@@H](OS(C)(=O)=O)[C@@H]1OS(C)(=O)=O. The summed E-state index contributed by atoms with van der Waals surface area (Å²) in [5.74, 6) is -0.760. The van der Waals surface area contributed by atoms with E-state index in [1.807, 2.05) is 0 Å². The maximum absolute atomic E-state index is 12.6. The molecule has 0 unspecified atom stereocenters. The molecule has 1 fully saturated rings. The van der Waals surface area contributed by atoms with Crippen LogP contribution in [0.25, 0.3) is 0 Å². The van der Waals surface area contributed by atoms with Gasteiger partial charge in [-0.2, -0.15) is 25.3 Å². The largest absolute Gasteiger partial charge is 0.366 e. The number of rotatable bonds is 9. The van der Waals surface area contributed by atoms with Gasteiger partial charge < -0.3 is 15.2 Å². The minimum atomic E-state index is -4.29. The highest BCUT2D eigenvalue weighted by molar-refractivity contribution is 7.86. The van der Waals surface area contributed by atoms with Crippen molar-refractivity contribution in [3.8, 4) is 0 Å². The zero-order chi connectivity index (χ0) is 24.3. The van der Waals surface area contributed by atoms with Crippen molar-refractivity contribution in [1.82, 2.24) is 5.32 Å². The minimum absolute atomic E-state index is 0.140. The van der Waals surface area contributed by atoms with Gasteiger partial charge in [0.25, 0.3) is 36.3 Å². The average Bonchev–Trinajstić information content (AvgIpc) is 2.63. The lowest BCUT2D eigenvalue weighted by molar-refractivity contribution is -0.239. The fourth-order valence-electron chi connectivity index (χ4n) is 2.86. The molecule has 1 saturated heterocycles. The highest BCUT2D eigenvalue weighted by atomic mass is 32.2. The average molecular weight is 518 g/mol. The third-order valence-electron chi connectivity index (χ3n) is 4.02. The molecule has 182 valence electrons. The second kappa shape index (κ2) is 10.1. The van der Waals surface area contributed by atoms with Gasteiger partial charge in [-0.25, -0.2) is 0 Å². The van der Waals surface area contributed by atoms with Crippen molar-refractivity contribution in [3.63, 3.8) is 0 Å². The first kappa shape index (κ1) is 26.6. The first-order valence-corrected chi connectivity index (χ1v) is 14.3. The fourth-order valence-corrected chi connectivity index (χ4v) is 4.51. The van der Waals surface area contributed by atoms with Gasteiger partial charge in [-0.15, -0.1) is 0 Å². The first-order valence-electron chi connectivity index (χ1n) is 8.86. The summed E-state index contributed by atoms with van der Waals surface area (Å²) in [6, 6.07) is 6.00. The van der Waals surface area contributed by atoms with E-state index in [0.717, 1.165) is 0 Å². The second-order valence-electron chi connectivity index (χ2n) is 6.95. The summed E-state index contributed by atoms with van der Waals surface area (Å²) in [6.07, 6.45) is -5.17. The van der Waals surface area contributed by atoms with Crippen LogP contribution >= 0.6 is 0 Å². The van der Waals surface area contributed by atoms with E-state index in [4.69, 9.17) is 13.1 Å². The molecular formula is C16H23NO12S3. The van der Waals surface area contributed by atoms with E-state index in [9.17, 15) is 35.2 Å². The predicted octanol–water partition coefficient (Wildman–Crippen LogP) is -1.83. The third-order valence-corrected chi connectivity index (χ3v) is 5.73. The van der Waals surface area contributed by atoms with Crippen LogP contribution < -0.4 is 5.32 Å². The van der Waals surface area contributed by atoms with Gasteiger partial charge in [0.05, 0.1) is 25.4 Å². The van der Waals surface area contributed by atoms with Gasteiger partial charge in [0.2, 0.25) is 0 Å². The van der Waals surface area contributed by atoms with Crippen LogP contribution in [0.4, 0.5) is 0 Å². The van der Waals surface area contributed by atoms with Crippen LogP contribution in [0.5, 0.6) is 0 Å². The monoisotopic (exact) mass is 517 g/mol. The quantitative estimate of drug-likeness (QED) is 0.349. The zero-order valence-corrected chi connectivity index (χ0v) is 19.6. The summed E-state index contributed by atoms with van der Waals surface area (Å²) in [5, 5.41) is 12.8. The lowest BCUT2D eigenvalue weighted by Gasteiger charge is -2.43. The molecule has 16 heteroatoms. The molecule has 1 amide bonds. The van der Waals surface area contributed by atoms with E-state index in [1.165, 1.54) is 12.1 Å². The molecule has 2 N–H and O–H groups in total. The van der Waals surface area contributed by atoms with Gasteiger partial charge in [0.1, 0.15) is 24.4 Å². The van der Waals surface area contributed by atoms with E-state index >= 15 is 0 Å². The lowest BCUT2D eigenvalue weighted by Crippen LogP contribution is -2.66. The summed E-state index contributed by atoms with van der Waals surface area (Å²) in [6.45, 7) is -0.834. The highest BCUT2D eigenvalue weighted by Crippen LogP contribution is 2.28. The Morgan fingerprint density at radius 1 is 0.938 bits per heavy atom. The number of amides is 1. The second-order valence-corrected chi connectivity index (χ2v) is 11.8. The summed E-state index contributed by atoms with van der Waals surface area (Å²) < 4.78 is 89.6. The topological polar surface area (TPSA) is 189 Å². The van der Waals surface area contributed by atoms with Crippen molar-refractivity contribution in [3.05, 3.63) is 35.9 Å². The standard InChI is InChI=1S/C16H23NO12S3/c1-30(20,21)26-9-11-13(28-31(2,22)23)14(29-32(3,24)25)12(16(19)27-11)17-15(18)10-7-5-4-6-8-10/h4-8,11-14,16,19H,9H2,1-3H3,(H,17,18)/t11-,12-,13+,14+,16+/m0/s1. The van der Waals surface area contributed by atoms with E-state index in [-0.39, 0.29) is 5.56 Å². The number of ether oxygens (including phenoxy) is 1. The van der Waals surface area contributed by atoms with Crippen LogP contribution in [0.15, 0.2) is 30.3 Å². The smallest absolute Gasteiger partial charge is 0.264 e. The number of carbonyl (C=O) groups is 1. The molecular weight excluding hydrogens is 494 g/mol. The number of benzene rings is 1. The van der Waals surface area contributed by atoms with Crippen LogP contribution in [0.1, 0.15) is 10.4 Å². The zero-order valence-electron chi connectivity index (χ0n) is 17.1. The molecule has 1 aliphatic heterocycles. The Bertz CT molecular complexity index is 1120. The van der Waals surface area contributed by atoms with Gasteiger partial charge in [-0.05, 0) is 12.1 Å². The third kappa shape index (κ3) is 8.36. The van der Waals surface area contributed by atoms with Crippen molar-refractivity contribution in [1.29, 1.82) is 0 Å². The van der Waals surface area contributed by atoms with Crippen molar-refractivity contribution in [2.75, 3.05) is 25.4 Å². The number of hydrogen-bond donors (Lipinski definition) is 2. The molecule has 1 heterocycles. The number of carbonyl (C=O) groups excluding carboxylic acids is 1. The fraction of sp³-hybridized carbons (Fsp3) is 0.562. The summed E-state index contributed by atoms with van der Waals surface area (Å²) >= 11 is 0. The summed E-state index contributed by atoms with van der Waals surface area (Å²) in [7, 11) is -12.6. The number of nitrogens with one attached hydrogen (secondary N) is 1. The van der Waals surface area contributed by atoms with Crippen molar-refractivity contribution in [2.24, 2.45) is 0 Å². The summed E-state index contributed by atoms with van der Waals surface area (Å²) in [4.78, 5) is 12.6. The van der Waals surface area contributed by atoms with Gasteiger partial charge in [-0.3, -0.25) is 17.3 Å². The van der Waals surface area contributed by atoms with Crippen molar-refractivity contribution in [2.45, 2.75) is 30.6 Å². The lowest BCUT2D eigenvalue weighted by atomic mass is 9.96. The minimum Gasteiger partial charge on any atom is -0.366 e. The van der Waals surface area contributed by atoms with Gasteiger partial charge in [0, 0.05) is 5.56 Å². The molecule has 32 heavy (non-hydrogen) atoms. The molecule has 1 aliphatic rings. The molecule has 5 atom stereocenters. The molecule has 2 rings (SSSR count). The highest BCUT2D eigenvalue weighted by Gasteiger charge is 2.51. The van der Waals surface area contributed by atoms with Crippen molar-refractivity contribution >= 4 is 36.3 Å². The van der Waals surface area contributed by atoms with Gasteiger partial charge in [-0.1, -0.05) is 18.2 Å². The molecule has 0 bridgehead atoms. The molecule has 0 aromatic heterocycles. The van der Waals surface area contributed by atoms with Crippen LogP contribution in [-0.4, -0.2) is 92.3 Å². The van der Waals surface area contributed by atoms with E-state index in [0.29, 0.717) is 18.8 Å². The van der Waals surface area contributed by atoms with Crippen LogP contribution in [0.2, 0.25) is 0 Å². The molecule has 1 aromatic carbocycles. The van der Waals surface area contributed by atoms with E-state index in [1.54, 1.807) is 18.2 Å². The Morgan fingerprint density at radius 3 is 1.97 bits per heavy atom. The Hall–Kier alpha value is -1.66. The predicted molar refractivity (Wildman–Crippen MR) is 109 cm³/mol. The maximum Gasteiger partial charge on any atom is 0.264 e. The van der Waals surface area contributed by atoms with Gasteiger partial charge in [0.15, 0.2) is 6.29 Å². The van der Waals surface area contributed by atoms with Crippen LogP contribution in [0.3, 0.4) is 0 Å². The molecule has 1 aromatic rings. The Labute approximate surface area is 186 Å². The van der Waals surface area contributed by atoms with Gasteiger partial charge >= 0.3 is 0 Å².